The van der Waals surface area contributed by atoms with Crippen molar-refractivity contribution in [3.05, 3.63) is 52.1 Å². The van der Waals surface area contributed by atoms with E-state index in [1.165, 1.54) is 33.3 Å². The van der Waals surface area contributed by atoms with Crippen molar-refractivity contribution in [2.45, 2.75) is 6.92 Å². The number of carbonyl (C=O) groups excluding carboxylic acids is 2. The first-order valence-electron chi connectivity index (χ1n) is 7.45. The van der Waals surface area contributed by atoms with Crippen LogP contribution >= 0.6 is 0 Å². The summed E-state index contributed by atoms with van der Waals surface area (Å²) in [5.74, 6) is -0.625. The minimum Gasteiger partial charge on any atom is -0.493 e. The molecule has 2 aromatic carbocycles. The lowest BCUT2D eigenvalue weighted by Gasteiger charge is -2.11. The molecule has 136 valence electrons. The van der Waals surface area contributed by atoms with Crippen molar-refractivity contribution in [2.24, 2.45) is 0 Å². The summed E-state index contributed by atoms with van der Waals surface area (Å²) in [7, 11) is 2.71. The molecule has 0 fully saturated rings. The number of nitro benzene ring substituents is 1. The van der Waals surface area contributed by atoms with Crippen molar-refractivity contribution < 1.29 is 24.0 Å². The fourth-order valence-corrected chi connectivity index (χ4v) is 2.28. The number of ether oxygens (including phenoxy) is 2. The van der Waals surface area contributed by atoms with Gasteiger partial charge in [0.25, 0.3) is 11.6 Å². The van der Waals surface area contributed by atoms with Gasteiger partial charge in [-0.3, -0.25) is 19.7 Å². The molecule has 0 spiro atoms. The molecule has 2 amide bonds. The van der Waals surface area contributed by atoms with E-state index >= 15 is 0 Å². The highest BCUT2D eigenvalue weighted by molar-refractivity contribution is 6.08. The summed E-state index contributed by atoms with van der Waals surface area (Å²) in [4.78, 5) is 34.3. The van der Waals surface area contributed by atoms with Gasteiger partial charge in [0.1, 0.15) is 5.56 Å². The number of anilines is 2. The van der Waals surface area contributed by atoms with Crippen molar-refractivity contribution in [1.29, 1.82) is 0 Å². The minimum absolute atomic E-state index is 0.142. The molecule has 2 aromatic rings. The molecule has 0 aliphatic heterocycles. The van der Waals surface area contributed by atoms with Gasteiger partial charge in [0.2, 0.25) is 5.91 Å². The summed E-state index contributed by atoms with van der Waals surface area (Å²) in [6.45, 7) is 1.36. The topological polar surface area (TPSA) is 120 Å². The first-order chi connectivity index (χ1) is 12.3. The molecular formula is C17H17N3O6. The van der Waals surface area contributed by atoms with E-state index in [9.17, 15) is 19.7 Å². The van der Waals surface area contributed by atoms with Crippen molar-refractivity contribution in [1.82, 2.24) is 0 Å². The number of carbonyl (C=O) groups is 2. The number of nitrogens with zero attached hydrogens (tertiary/aromatic N) is 1. The predicted octanol–water partition coefficient (Wildman–Crippen LogP) is 2.82. The Bertz CT molecular complexity index is 866. The van der Waals surface area contributed by atoms with Crippen LogP contribution in [0.1, 0.15) is 17.3 Å². The van der Waals surface area contributed by atoms with Crippen LogP contribution in [0.25, 0.3) is 0 Å². The Labute approximate surface area is 149 Å². The number of amides is 2. The van der Waals surface area contributed by atoms with Crippen LogP contribution in [0.3, 0.4) is 0 Å². The van der Waals surface area contributed by atoms with Gasteiger partial charge >= 0.3 is 0 Å². The lowest BCUT2D eigenvalue weighted by Crippen LogP contribution is -2.15. The molecule has 0 saturated carbocycles. The number of benzene rings is 2. The van der Waals surface area contributed by atoms with Gasteiger partial charge in [0.05, 0.1) is 25.2 Å². The third kappa shape index (κ3) is 4.26. The highest BCUT2D eigenvalue weighted by atomic mass is 16.6. The van der Waals surface area contributed by atoms with Crippen molar-refractivity contribution in [3.8, 4) is 11.5 Å². The molecule has 9 nitrogen and oxygen atoms in total. The highest BCUT2D eigenvalue weighted by Crippen LogP contribution is 2.34. The lowest BCUT2D eigenvalue weighted by atomic mass is 10.1. The van der Waals surface area contributed by atoms with Crippen molar-refractivity contribution in [3.63, 3.8) is 0 Å². The minimum atomic E-state index is -0.697. The van der Waals surface area contributed by atoms with E-state index in [0.29, 0.717) is 11.4 Å². The van der Waals surface area contributed by atoms with Crippen molar-refractivity contribution >= 4 is 28.9 Å². The zero-order chi connectivity index (χ0) is 19.3. The molecule has 9 heteroatoms. The van der Waals surface area contributed by atoms with E-state index in [2.05, 4.69) is 10.6 Å². The summed E-state index contributed by atoms with van der Waals surface area (Å²) < 4.78 is 10.1. The fraction of sp³-hybridized carbons (Fsp3) is 0.176. The van der Waals surface area contributed by atoms with E-state index in [0.717, 1.165) is 6.07 Å². The van der Waals surface area contributed by atoms with Crippen molar-refractivity contribution in [2.75, 3.05) is 24.9 Å². The van der Waals surface area contributed by atoms with Crippen LogP contribution < -0.4 is 20.1 Å². The zero-order valence-electron chi connectivity index (χ0n) is 14.4. The Morgan fingerprint density at radius 2 is 1.58 bits per heavy atom. The first kappa shape index (κ1) is 18.7. The summed E-state index contributed by atoms with van der Waals surface area (Å²) in [6.07, 6.45) is 0. The van der Waals surface area contributed by atoms with Crippen LogP contribution in [0, 0.1) is 10.1 Å². The third-order valence-corrected chi connectivity index (χ3v) is 3.38. The molecule has 0 radical (unpaired) electrons. The summed E-state index contributed by atoms with van der Waals surface area (Å²) >= 11 is 0. The second-order valence-electron chi connectivity index (χ2n) is 5.20. The Morgan fingerprint density at radius 3 is 2.12 bits per heavy atom. The molecule has 0 saturated heterocycles. The van der Waals surface area contributed by atoms with E-state index in [1.807, 2.05) is 0 Å². The standard InChI is InChI=1S/C17H17N3O6/c1-10(21)18-11-5-4-6-12(7-11)19-17(22)13-8-15(25-2)16(26-3)9-14(13)20(23)24/h4-9H,1-3H3,(H,18,21)(H,19,22). The summed E-state index contributed by atoms with van der Waals surface area (Å²) in [6, 6.07) is 8.77. The van der Waals surface area contributed by atoms with Gasteiger partial charge in [-0.1, -0.05) is 6.07 Å². The number of methoxy groups -OCH3 is 2. The van der Waals surface area contributed by atoms with E-state index in [4.69, 9.17) is 9.47 Å². The smallest absolute Gasteiger partial charge is 0.286 e. The molecular weight excluding hydrogens is 342 g/mol. The molecule has 0 aliphatic rings. The largest absolute Gasteiger partial charge is 0.493 e. The van der Waals surface area contributed by atoms with Crippen LogP contribution in [-0.4, -0.2) is 31.0 Å². The zero-order valence-corrected chi connectivity index (χ0v) is 14.4. The summed E-state index contributed by atoms with van der Waals surface area (Å²) in [5.41, 5.74) is 0.248. The Hall–Kier alpha value is -3.62. The van der Waals surface area contributed by atoms with Gasteiger partial charge in [0.15, 0.2) is 11.5 Å². The quantitative estimate of drug-likeness (QED) is 0.604. The maximum Gasteiger partial charge on any atom is 0.286 e. The molecule has 0 heterocycles. The maximum absolute atomic E-state index is 12.5. The number of rotatable bonds is 6. The first-order valence-corrected chi connectivity index (χ1v) is 7.45. The molecule has 26 heavy (non-hydrogen) atoms. The molecule has 2 rings (SSSR count). The molecule has 0 atom stereocenters. The average Bonchev–Trinajstić information content (AvgIpc) is 2.60. The van der Waals surface area contributed by atoms with Crippen LogP contribution in [0.4, 0.5) is 17.1 Å². The molecule has 0 aromatic heterocycles. The highest BCUT2D eigenvalue weighted by Gasteiger charge is 2.24. The predicted molar refractivity (Wildman–Crippen MR) is 94.9 cm³/mol. The maximum atomic E-state index is 12.5. The number of hydrogen-bond acceptors (Lipinski definition) is 6. The van der Waals surface area contributed by atoms with Crippen LogP contribution in [0.2, 0.25) is 0 Å². The second kappa shape index (κ2) is 7.97. The molecule has 2 N–H and O–H groups in total. The van der Waals surface area contributed by atoms with Gasteiger partial charge in [0, 0.05) is 24.4 Å². The van der Waals surface area contributed by atoms with Gasteiger partial charge in [-0.2, -0.15) is 0 Å². The lowest BCUT2D eigenvalue weighted by molar-refractivity contribution is -0.385. The van der Waals surface area contributed by atoms with Gasteiger partial charge in [-0.15, -0.1) is 0 Å². The molecule has 0 bridgehead atoms. The van der Waals surface area contributed by atoms with E-state index in [-0.39, 0.29) is 23.0 Å². The fourth-order valence-electron chi connectivity index (χ4n) is 2.28. The Kier molecular flexibility index (Phi) is 5.74. The number of nitrogens with one attached hydrogen (secondary N) is 2. The summed E-state index contributed by atoms with van der Waals surface area (Å²) in [5, 5.41) is 16.5. The second-order valence-corrected chi connectivity index (χ2v) is 5.20. The van der Waals surface area contributed by atoms with Crippen LogP contribution in [-0.2, 0) is 4.79 Å². The normalized spacial score (nSPS) is 9.96. The molecule has 0 aliphatic carbocycles. The number of hydrogen-bond donors (Lipinski definition) is 2. The van der Waals surface area contributed by atoms with Crippen LogP contribution in [0.5, 0.6) is 11.5 Å². The van der Waals surface area contributed by atoms with Gasteiger partial charge < -0.3 is 20.1 Å². The monoisotopic (exact) mass is 359 g/mol. The van der Waals surface area contributed by atoms with E-state index in [1.54, 1.807) is 18.2 Å². The Balaban J connectivity index is 2.37. The van der Waals surface area contributed by atoms with Gasteiger partial charge in [-0.05, 0) is 18.2 Å². The molecule has 0 unspecified atom stereocenters. The van der Waals surface area contributed by atoms with Gasteiger partial charge in [-0.25, -0.2) is 0 Å². The average molecular weight is 359 g/mol. The SMILES string of the molecule is COc1cc(C(=O)Nc2cccc(NC(C)=O)c2)c([N+](=O)[O-])cc1OC. The Morgan fingerprint density at radius 1 is 1.00 bits per heavy atom. The van der Waals surface area contributed by atoms with Crippen LogP contribution in [0.15, 0.2) is 36.4 Å². The third-order valence-electron chi connectivity index (χ3n) is 3.38. The van der Waals surface area contributed by atoms with E-state index < -0.39 is 16.5 Å². The number of nitro groups is 1.